The molecule has 4 heterocycles. The van der Waals surface area contributed by atoms with Gasteiger partial charge < -0.3 is 20.4 Å². The number of carbonyl (C=O) groups is 1. The lowest BCUT2D eigenvalue weighted by Gasteiger charge is -2.22. The van der Waals surface area contributed by atoms with Crippen LogP contribution < -0.4 is 20.4 Å². The number of fused-ring (bicyclic) bond motifs is 2. The summed E-state index contributed by atoms with van der Waals surface area (Å²) in [6, 6.07) is 7.96. The summed E-state index contributed by atoms with van der Waals surface area (Å²) in [5, 5.41) is 11.1. The number of hydrogen-bond donors (Lipinski definition) is 2. The third kappa shape index (κ3) is 3.17. The number of benzene rings is 1. The Labute approximate surface area is 174 Å². The van der Waals surface area contributed by atoms with Crippen molar-refractivity contribution in [3.05, 3.63) is 48.4 Å². The molecule has 0 bridgehead atoms. The van der Waals surface area contributed by atoms with Gasteiger partial charge in [0.25, 0.3) is 5.91 Å². The van der Waals surface area contributed by atoms with Crippen molar-refractivity contribution in [3.63, 3.8) is 0 Å². The summed E-state index contributed by atoms with van der Waals surface area (Å²) in [5.74, 6) is 1.05. The third-order valence-corrected chi connectivity index (χ3v) is 5.77. The van der Waals surface area contributed by atoms with E-state index in [2.05, 4.69) is 20.7 Å². The van der Waals surface area contributed by atoms with E-state index in [-0.39, 0.29) is 5.91 Å². The highest BCUT2D eigenvalue weighted by Gasteiger charge is 2.28. The van der Waals surface area contributed by atoms with E-state index in [1.807, 2.05) is 47.1 Å². The first kappa shape index (κ1) is 18.6. The zero-order valence-corrected chi connectivity index (χ0v) is 17.0. The first-order valence-electron chi connectivity index (χ1n) is 10.1. The molecular weight excluding hydrogens is 380 g/mol. The van der Waals surface area contributed by atoms with E-state index in [1.54, 1.807) is 24.3 Å². The molecule has 30 heavy (non-hydrogen) atoms. The monoisotopic (exact) mass is 404 g/mol. The Morgan fingerprint density at radius 2 is 1.87 bits per heavy atom. The molecule has 2 aromatic heterocycles. The third-order valence-electron chi connectivity index (χ3n) is 5.77. The predicted molar refractivity (Wildman–Crippen MR) is 116 cm³/mol. The van der Waals surface area contributed by atoms with Gasteiger partial charge in [-0.15, -0.1) is 0 Å². The van der Waals surface area contributed by atoms with Gasteiger partial charge >= 0.3 is 0 Å². The molecule has 0 saturated carbocycles. The number of anilines is 5. The SMILES string of the molecule is CN1C(=O)c2ccccc2N(C)c2nc(Nc3cnn(C4CCNCC4)c3)ncc21. The summed E-state index contributed by atoms with van der Waals surface area (Å²) in [4.78, 5) is 25.6. The van der Waals surface area contributed by atoms with E-state index < -0.39 is 0 Å². The topological polar surface area (TPSA) is 91.2 Å². The van der Waals surface area contributed by atoms with Crippen molar-refractivity contribution in [1.29, 1.82) is 0 Å². The fourth-order valence-corrected chi connectivity index (χ4v) is 4.06. The minimum absolute atomic E-state index is 0.0799. The van der Waals surface area contributed by atoms with Crippen molar-refractivity contribution >= 4 is 34.7 Å². The average molecular weight is 404 g/mol. The fraction of sp³-hybridized carbons (Fsp3) is 0.333. The standard InChI is InChI=1S/C21H24N8O/c1-27-17-6-4-3-5-16(17)20(30)28(2)18-12-23-21(26-19(18)27)25-14-11-24-29(13-14)15-7-9-22-10-8-15/h3-6,11-13,15,22H,7-10H2,1-2H3,(H,23,25,26). The Morgan fingerprint density at radius 1 is 1.07 bits per heavy atom. The summed E-state index contributed by atoms with van der Waals surface area (Å²) in [6.07, 6.45) is 7.62. The Morgan fingerprint density at radius 3 is 2.70 bits per heavy atom. The molecule has 0 atom stereocenters. The van der Waals surface area contributed by atoms with Gasteiger partial charge in [-0.05, 0) is 38.1 Å². The molecule has 1 amide bonds. The van der Waals surface area contributed by atoms with Crippen LogP contribution in [-0.2, 0) is 0 Å². The van der Waals surface area contributed by atoms with Crippen LogP contribution >= 0.6 is 0 Å². The van der Waals surface area contributed by atoms with Crippen molar-refractivity contribution in [2.75, 3.05) is 42.3 Å². The largest absolute Gasteiger partial charge is 0.327 e. The molecule has 0 spiro atoms. The highest BCUT2D eigenvalue weighted by Crippen LogP contribution is 2.37. The minimum atomic E-state index is -0.0799. The summed E-state index contributed by atoms with van der Waals surface area (Å²) < 4.78 is 2.02. The summed E-state index contributed by atoms with van der Waals surface area (Å²) in [5.41, 5.74) is 2.96. The Bertz CT molecular complexity index is 1090. The maximum absolute atomic E-state index is 12.9. The number of nitrogens with zero attached hydrogens (tertiary/aromatic N) is 6. The van der Waals surface area contributed by atoms with Crippen LogP contribution in [0.1, 0.15) is 29.2 Å². The van der Waals surface area contributed by atoms with Crippen LogP contribution in [0.2, 0.25) is 0 Å². The molecule has 1 fully saturated rings. The zero-order valence-electron chi connectivity index (χ0n) is 17.0. The van der Waals surface area contributed by atoms with Gasteiger partial charge in [0.2, 0.25) is 5.95 Å². The van der Waals surface area contributed by atoms with Crippen LogP contribution in [0.15, 0.2) is 42.9 Å². The predicted octanol–water partition coefficient (Wildman–Crippen LogP) is 2.70. The maximum atomic E-state index is 12.9. The van der Waals surface area contributed by atoms with E-state index in [4.69, 9.17) is 4.98 Å². The van der Waals surface area contributed by atoms with Crippen LogP contribution in [0.3, 0.4) is 0 Å². The van der Waals surface area contributed by atoms with Gasteiger partial charge in [-0.2, -0.15) is 10.1 Å². The molecule has 0 radical (unpaired) electrons. The Balaban J connectivity index is 1.45. The quantitative estimate of drug-likeness (QED) is 0.693. The van der Waals surface area contributed by atoms with E-state index in [0.29, 0.717) is 29.1 Å². The van der Waals surface area contributed by atoms with Crippen molar-refractivity contribution in [2.45, 2.75) is 18.9 Å². The number of piperidine rings is 1. The van der Waals surface area contributed by atoms with Crippen molar-refractivity contribution in [1.82, 2.24) is 25.1 Å². The number of nitrogens with one attached hydrogen (secondary N) is 2. The normalized spacial score (nSPS) is 16.8. The van der Waals surface area contributed by atoms with Crippen LogP contribution in [0.4, 0.5) is 28.8 Å². The Kier molecular flexibility index (Phi) is 4.59. The molecular formula is C21H24N8O. The molecule has 2 aliphatic rings. The van der Waals surface area contributed by atoms with E-state index in [0.717, 1.165) is 37.3 Å². The summed E-state index contributed by atoms with van der Waals surface area (Å²) in [6.45, 7) is 2.03. The van der Waals surface area contributed by atoms with Crippen molar-refractivity contribution < 1.29 is 4.79 Å². The van der Waals surface area contributed by atoms with Crippen LogP contribution in [0.25, 0.3) is 0 Å². The molecule has 9 heteroatoms. The summed E-state index contributed by atoms with van der Waals surface area (Å²) >= 11 is 0. The minimum Gasteiger partial charge on any atom is -0.327 e. The average Bonchev–Trinajstić information content (AvgIpc) is 3.24. The molecule has 9 nitrogen and oxygen atoms in total. The highest BCUT2D eigenvalue weighted by molar-refractivity contribution is 6.13. The van der Waals surface area contributed by atoms with E-state index in [1.165, 1.54) is 0 Å². The van der Waals surface area contributed by atoms with Gasteiger partial charge in [0.15, 0.2) is 5.82 Å². The van der Waals surface area contributed by atoms with E-state index >= 15 is 0 Å². The molecule has 1 saturated heterocycles. The highest BCUT2D eigenvalue weighted by atomic mass is 16.2. The van der Waals surface area contributed by atoms with Crippen LogP contribution in [0, 0.1) is 0 Å². The number of para-hydroxylation sites is 1. The molecule has 5 rings (SSSR count). The molecule has 0 aliphatic carbocycles. The lowest BCUT2D eigenvalue weighted by molar-refractivity contribution is 0.0994. The number of hydrogen-bond acceptors (Lipinski definition) is 7. The van der Waals surface area contributed by atoms with Crippen molar-refractivity contribution in [3.8, 4) is 0 Å². The second-order valence-electron chi connectivity index (χ2n) is 7.66. The number of amides is 1. The van der Waals surface area contributed by atoms with Gasteiger partial charge in [-0.1, -0.05) is 12.1 Å². The van der Waals surface area contributed by atoms with Gasteiger partial charge in [-0.25, -0.2) is 4.98 Å². The smallest absolute Gasteiger partial charge is 0.260 e. The molecule has 3 aromatic rings. The summed E-state index contributed by atoms with van der Waals surface area (Å²) in [7, 11) is 3.66. The van der Waals surface area contributed by atoms with Gasteiger partial charge in [-0.3, -0.25) is 9.48 Å². The lowest BCUT2D eigenvalue weighted by Crippen LogP contribution is -2.29. The second-order valence-corrected chi connectivity index (χ2v) is 7.66. The maximum Gasteiger partial charge on any atom is 0.260 e. The number of aromatic nitrogens is 4. The lowest BCUT2D eigenvalue weighted by atomic mass is 10.1. The van der Waals surface area contributed by atoms with Gasteiger partial charge in [0.1, 0.15) is 5.69 Å². The van der Waals surface area contributed by atoms with Crippen molar-refractivity contribution in [2.24, 2.45) is 0 Å². The molecule has 0 unspecified atom stereocenters. The molecule has 2 N–H and O–H groups in total. The van der Waals surface area contributed by atoms with Gasteiger partial charge in [0, 0.05) is 20.3 Å². The van der Waals surface area contributed by atoms with Crippen LogP contribution in [0.5, 0.6) is 0 Å². The first-order chi connectivity index (χ1) is 14.6. The number of carbonyl (C=O) groups excluding carboxylic acids is 1. The zero-order chi connectivity index (χ0) is 20.7. The Hall–Kier alpha value is -3.46. The fourth-order valence-electron chi connectivity index (χ4n) is 4.06. The van der Waals surface area contributed by atoms with Crippen LogP contribution in [-0.4, -0.2) is 52.8 Å². The molecule has 1 aromatic carbocycles. The molecule has 2 aliphatic heterocycles. The number of rotatable bonds is 3. The van der Waals surface area contributed by atoms with Gasteiger partial charge in [0.05, 0.1) is 35.4 Å². The van der Waals surface area contributed by atoms with E-state index in [9.17, 15) is 4.79 Å². The second kappa shape index (κ2) is 7.42. The first-order valence-corrected chi connectivity index (χ1v) is 10.1. The molecule has 154 valence electrons.